The summed E-state index contributed by atoms with van der Waals surface area (Å²) in [6, 6.07) is 1.26. The number of hydrogen-bond acceptors (Lipinski definition) is 6. The molecular formula is C11H12N2O6P+. The fourth-order valence-corrected chi connectivity index (χ4v) is 4.52. The minimum absolute atomic E-state index is 0.339. The summed E-state index contributed by atoms with van der Waals surface area (Å²) in [6.07, 6.45) is 0.0860. The molecular weight excluding hydrogens is 287 g/mol. The van der Waals surface area contributed by atoms with Gasteiger partial charge in [0.25, 0.3) is 5.56 Å². The van der Waals surface area contributed by atoms with Crippen molar-refractivity contribution < 1.29 is 18.3 Å². The Kier molecular flexibility index (Phi) is 2.14. The fraction of sp³-hybridized carbons (Fsp3) is 0.636. The fourth-order valence-electron chi connectivity index (χ4n) is 3.33. The number of aromatic nitrogens is 2. The monoisotopic (exact) mass is 299 g/mol. The van der Waals surface area contributed by atoms with Gasteiger partial charge in [0.15, 0.2) is 11.7 Å². The maximum atomic E-state index is 11.9. The molecule has 0 radical (unpaired) electrons. The highest BCUT2D eigenvalue weighted by Crippen LogP contribution is 2.74. The summed E-state index contributed by atoms with van der Waals surface area (Å²) >= 11 is 0. The van der Waals surface area contributed by atoms with Gasteiger partial charge in [-0.25, -0.2) is 4.79 Å². The number of hydrogen-bond donors (Lipinski definition) is 1. The lowest BCUT2D eigenvalue weighted by Gasteiger charge is -2.31. The van der Waals surface area contributed by atoms with Crippen LogP contribution in [0.2, 0.25) is 0 Å². The summed E-state index contributed by atoms with van der Waals surface area (Å²) in [4.78, 5) is 25.2. The molecule has 5 atom stereocenters. The number of nitrogens with zero attached hydrogens (tertiary/aromatic N) is 1. The van der Waals surface area contributed by atoms with E-state index in [4.69, 9.17) is 13.8 Å². The zero-order chi connectivity index (χ0) is 14.3. The molecule has 1 aromatic heterocycles. The molecule has 8 nitrogen and oxygen atoms in total. The average molecular weight is 299 g/mol. The zero-order valence-electron chi connectivity index (χ0n) is 10.7. The third-order valence-corrected chi connectivity index (χ3v) is 5.29. The van der Waals surface area contributed by atoms with Crippen molar-refractivity contribution in [3.8, 4) is 0 Å². The summed E-state index contributed by atoms with van der Waals surface area (Å²) in [5.41, 5.74) is -2.41. The summed E-state index contributed by atoms with van der Waals surface area (Å²) < 4.78 is 29.2. The molecule has 4 rings (SSSR count). The van der Waals surface area contributed by atoms with Crippen molar-refractivity contribution in [3.05, 3.63) is 33.1 Å². The van der Waals surface area contributed by atoms with Crippen LogP contribution in [-0.2, 0) is 18.3 Å². The van der Waals surface area contributed by atoms with E-state index in [2.05, 4.69) is 4.98 Å². The van der Waals surface area contributed by atoms with Crippen LogP contribution in [0, 0.1) is 5.41 Å². The highest BCUT2D eigenvalue weighted by molar-refractivity contribution is 7.33. The third-order valence-electron chi connectivity index (χ3n) is 4.44. The lowest BCUT2D eigenvalue weighted by Crippen LogP contribution is -2.43. The van der Waals surface area contributed by atoms with E-state index < -0.39 is 36.7 Å². The summed E-state index contributed by atoms with van der Waals surface area (Å²) in [5, 5.41) is 0. The highest BCUT2D eigenvalue weighted by Gasteiger charge is 2.92. The van der Waals surface area contributed by atoms with Gasteiger partial charge >= 0.3 is 13.9 Å². The summed E-state index contributed by atoms with van der Waals surface area (Å²) in [7, 11) is -2.13. The van der Waals surface area contributed by atoms with Crippen LogP contribution in [0.25, 0.3) is 0 Å². The van der Waals surface area contributed by atoms with Gasteiger partial charge in [-0.1, -0.05) is 13.8 Å². The largest absolute Gasteiger partial charge is 0.698 e. The first kappa shape index (κ1) is 12.4. The molecule has 1 N–H and O–H groups in total. The van der Waals surface area contributed by atoms with Gasteiger partial charge in [-0.05, 0) is 0 Å². The third kappa shape index (κ3) is 1.23. The maximum Gasteiger partial charge on any atom is 0.698 e. The van der Waals surface area contributed by atoms with Gasteiger partial charge in [0.2, 0.25) is 0 Å². The van der Waals surface area contributed by atoms with Gasteiger partial charge in [0.1, 0.15) is 12.3 Å². The van der Waals surface area contributed by atoms with Crippen molar-refractivity contribution in [2.45, 2.75) is 37.9 Å². The number of aromatic amines is 1. The van der Waals surface area contributed by atoms with Crippen molar-refractivity contribution in [2.75, 3.05) is 0 Å². The minimum Gasteiger partial charge on any atom is -0.348 e. The van der Waals surface area contributed by atoms with E-state index in [1.807, 2.05) is 13.8 Å². The Balaban J connectivity index is 1.78. The lowest BCUT2D eigenvalue weighted by atomic mass is 9.83. The predicted octanol–water partition coefficient (Wildman–Crippen LogP) is 0.285. The van der Waals surface area contributed by atoms with Crippen LogP contribution in [0.1, 0.15) is 20.1 Å². The Morgan fingerprint density at radius 1 is 1.35 bits per heavy atom. The van der Waals surface area contributed by atoms with E-state index >= 15 is 0 Å². The van der Waals surface area contributed by atoms with Crippen molar-refractivity contribution in [2.24, 2.45) is 5.41 Å². The molecule has 1 aromatic rings. The maximum absolute atomic E-state index is 11.9. The zero-order valence-corrected chi connectivity index (χ0v) is 11.6. The Bertz CT molecular complexity index is 739. The molecule has 3 aliphatic rings. The number of H-pyrrole nitrogens is 1. The number of rotatable bonds is 1. The average Bonchev–Trinajstić information content (AvgIpc) is 2.68. The summed E-state index contributed by atoms with van der Waals surface area (Å²) in [6.45, 7) is 3.74. The van der Waals surface area contributed by atoms with Crippen LogP contribution in [0.3, 0.4) is 0 Å². The molecule has 1 spiro atoms. The van der Waals surface area contributed by atoms with Gasteiger partial charge in [-0.3, -0.25) is 14.3 Å². The van der Waals surface area contributed by atoms with Gasteiger partial charge < -0.3 is 4.74 Å². The quantitative estimate of drug-likeness (QED) is 0.748. The second-order valence-corrected chi connectivity index (χ2v) is 6.62. The van der Waals surface area contributed by atoms with Crippen LogP contribution in [-0.4, -0.2) is 27.4 Å². The molecule has 0 aromatic carbocycles. The van der Waals surface area contributed by atoms with E-state index in [0.29, 0.717) is 0 Å². The smallest absolute Gasteiger partial charge is 0.348 e. The molecule has 2 unspecified atom stereocenters. The molecule has 2 saturated heterocycles. The van der Waals surface area contributed by atoms with E-state index in [-0.39, 0.29) is 12.2 Å². The first-order valence-corrected chi connectivity index (χ1v) is 7.27. The van der Waals surface area contributed by atoms with Crippen LogP contribution >= 0.6 is 8.25 Å². The van der Waals surface area contributed by atoms with Gasteiger partial charge in [0.05, 0.1) is 0 Å². The Hall–Kier alpha value is -1.34. The molecule has 9 heteroatoms. The van der Waals surface area contributed by atoms with Crippen molar-refractivity contribution in [1.29, 1.82) is 0 Å². The van der Waals surface area contributed by atoms with Gasteiger partial charge in [0, 0.05) is 22.2 Å². The predicted molar refractivity (Wildman–Crippen MR) is 65.3 cm³/mol. The Labute approximate surface area is 113 Å². The van der Waals surface area contributed by atoms with Crippen molar-refractivity contribution in [3.63, 3.8) is 0 Å². The van der Waals surface area contributed by atoms with Crippen LogP contribution in [0.4, 0.5) is 0 Å². The lowest BCUT2D eigenvalue weighted by molar-refractivity contribution is -0.0674. The van der Waals surface area contributed by atoms with Crippen molar-refractivity contribution >= 4 is 8.25 Å². The SMILES string of the molecule is CC1(C)[C@H](n2ccc(=O)[nH]c2=O)O[C@@H]2C3O[P+](=O)O[C@]321. The minimum atomic E-state index is -2.13. The number of nitrogens with one attached hydrogen (secondary N) is 1. The highest BCUT2D eigenvalue weighted by atomic mass is 31.1. The molecule has 106 valence electrons. The normalized spacial score (nSPS) is 42.3. The first-order chi connectivity index (χ1) is 9.38. The molecule has 3 fully saturated rings. The van der Waals surface area contributed by atoms with Crippen LogP contribution < -0.4 is 11.2 Å². The standard InChI is InChI=1S/C11H11N2O6P/c1-10(2)8(13-4-3-5(14)12-9(13)15)17-6-7-11(6,10)19-20(16)18-7/h3-4,6-8H,1-2H3/p+1/t6-,7?,8-,11+/m1/s1. The van der Waals surface area contributed by atoms with E-state index in [0.717, 1.165) is 0 Å². The Morgan fingerprint density at radius 3 is 2.80 bits per heavy atom. The molecule has 0 amide bonds. The molecule has 3 heterocycles. The second kappa shape index (κ2) is 3.46. The van der Waals surface area contributed by atoms with Crippen LogP contribution in [0.15, 0.2) is 21.9 Å². The molecule has 0 bridgehead atoms. The van der Waals surface area contributed by atoms with E-state index in [1.54, 1.807) is 0 Å². The van der Waals surface area contributed by atoms with Crippen LogP contribution in [0.5, 0.6) is 0 Å². The molecule has 1 saturated carbocycles. The molecule has 20 heavy (non-hydrogen) atoms. The van der Waals surface area contributed by atoms with Crippen molar-refractivity contribution in [1.82, 2.24) is 9.55 Å². The first-order valence-electron chi connectivity index (χ1n) is 6.18. The van der Waals surface area contributed by atoms with E-state index in [1.165, 1.54) is 16.8 Å². The molecule has 2 aliphatic heterocycles. The molecule has 1 aliphatic carbocycles. The van der Waals surface area contributed by atoms with E-state index in [9.17, 15) is 14.2 Å². The van der Waals surface area contributed by atoms with Gasteiger partial charge in [-0.2, -0.15) is 0 Å². The number of ether oxygens (including phenoxy) is 1. The Morgan fingerprint density at radius 2 is 2.10 bits per heavy atom. The van der Waals surface area contributed by atoms with Gasteiger partial charge in [-0.15, -0.1) is 9.05 Å². The number of fused-ring (bicyclic) bond motifs is 1. The second-order valence-electron chi connectivity index (χ2n) is 5.78. The summed E-state index contributed by atoms with van der Waals surface area (Å²) in [5.74, 6) is 0. The topological polar surface area (TPSA) is 99.6 Å².